The van der Waals surface area contributed by atoms with E-state index in [9.17, 15) is 27.2 Å². The molecule has 1 atom stereocenters. The van der Waals surface area contributed by atoms with E-state index in [2.05, 4.69) is 31.2 Å². The maximum Gasteiger partial charge on any atom is 0.418 e. The van der Waals surface area contributed by atoms with Crippen LogP contribution in [0.5, 0.6) is 0 Å². The largest absolute Gasteiger partial charge is 0.418 e. The third kappa shape index (κ3) is 6.37. The number of amides is 2. The van der Waals surface area contributed by atoms with Gasteiger partial charge in [0.25, 0.3) is 5.91 Å². The summed E-state index contributed by atoms with van der Waals surface area (Å²) in [5.74, 6) is -2.15. The molecule has 39 heavy (non-hydrogen) atoms. The predicted molar refractivity (Wildman–Crippen MR) is 135 cm³/mol. The quantitative estimate of drug-likeness (QED) is 0.301. The number of rotatable bonds is 8. The molecule has 1 saturated heterocycles. The number of anilines is 3. The lowest BCUT2D eigenvalue weighted by atomic mass is 9.96. The zero-order valence-corrected chi connectivity index (χ0v) is 21.2. The number of hydrogen-bond donors (Lipinski definition) is 4. The van der Waals surface area contributed by atoms with Crippen molar-refractivity contribution >= 4 is 40.5 Å². The van der Waals surface area contributed by atoms with Crippen molar-refractivity contribution in [3.05, 3.63) is 76.6 Å². The van der Waals surface area contributed by atoms with Crippen molar-refractivity contribution in [2.45, 2.75) is 24.7 Å². The number of carbonyl (C=O) groups is 2. The summed E-state index contributed by atoms with van der Waals surface area (Å²) >= 11 is 6.26. The normalized spacial score (nSPS) is 17.0. The van der Waals surface area contributed by atoms with Crippen LogP contribution < -0.4 is 21.3 Å². The first-order chi connectivity index (χ1) is 18.5. The van der Waals surface area contributed by atoms with Gasteiger partial charge >= 0.3 is 6.18 Å². The first-order valence-corrected chi connectivity index (χ1v) is 12.0. The van der Waals surface area contributed by atoms with Gasteiger partial charge in [0.05, 0.1) is 58.3 Å². The van der Waals surface area contributed by atoms with E-state index in [4.69, 9.17) is 16.3 Å². The molecule has 1 fully saturated rings. The molecule has 4 rings (SSSR count). The van der Waals surface area contributed by atoms with Gasteiger partial charge in [-0.05, 0) is 24.3 Å². The molecule has 0 saturated carbocycles. The first kappa shape index (κ1) is 28.0. The van der Waals surface area contributed by atoms with Crippen LogP contribution in [0.15, 0.2) is 48.9 Å². The highest BCUT2D eigenvalue weighted by molar-refractivity contribution is 6.31. The zero-order valence-electron chi connectivity index (χ0n) is 20.5. The summed E-state index contributed by atoms with van der Waals surface area (Å²) in [5, 5.41) is 10.7. The van der Waals surface area contributed by atoms with Crippen LogP contribution in [0.25, 0.3) is 0 Å². The van der Waals surface area contributed by atoms with E-state index in [0.717, 1.165) is 24.4 Å². The lowest BCUT2D eigenvalue weighted by molar-refractivity contribution is -0.137. The molecule has 0 spiro atoms. The van der Waals surface area contributed by atoms with Crippen LogP contribution >= 0.6 is 11.6 Å². The Bertz CT molecular complexity index is 1380. The Morgan fingerprint density at radius 1 is 1.15 bits per heavy atom. The molecular weight excluding hydrogens is 544 g/mol. The van der Waals surface area contributed by atoms with Gasteiger partial charge in [0.1, 0.15) is 11.4 Å². The molecule has 9 nitrogen and oxygen atoms in total. The highest BCUT2D eigenvalue weighted by Crippen LogP contribution is 2.37. The Hall–Kier alpha value is -3.97. The number of hydrogen-bond acceptors (Lipinski definition) is 7. The molecule has 0 bridgehead atoms. The van der Waals surface area contributed by atoms with Gasteiger partial charge in [0.15, 0.2) is 0 Å². The number of carbonyl (C=O) groups excluding carboxylic acids is 2. The molecule has 2 aromatic heterocycles. The molecule has 3 heterocycles. The van der Waals surface area contributed by atoms with E-state index in [0.29, 0.717) is 5.69 Å². The Morgan fingerprint density at radius 3 is 2.62 bits per heavy atom. The Labute approximate surface area is 225 Å². The Morgan fingerprint density at radius 2 is 1.95 bits per heavy atom. The predicted octanol–water partition coefficient (Wildman–Crippen LogP) is 4.28. The van der Waals surface area contributed by atoms with E-state index >= 15 is 0 Å². The number of ether oxygens (including phenoxy) is 1. The van der Waals surface area contributed by atoms with Gasteiger partial charge in [0.2, 0.25) is 5.91 Å². The van der Waals surface area contributed by atoms with Crippen molar-refractivity contribution in [3.63, 3.8) is 0 Å². The zero-order chi connectivity index (χ0) is 28.2. The molecule has 2 amide bonds. The van der Waals surface area contributed by atoms with E-state index in [1.807, 2.05) is 0 Å². The van der Waals surface area contributed by atoms with E-state index in [1.54, 1.807) is 19.3 Å². The van der Waals surface area contributed by atoms with Gasteiger partial charge in [-0.2, -0.15) is 13.2 Å². The summed E-state index contributed by atoms with van der Waals surface area (Å²) in [6.45, 7) is 0.0373. The van der Waals surface area contributed by atoms with Gasteiger partial charge in [-0.3, -0.25) is 19.6 Å². The number of halogens is 5. The molecule has 1 aliphatic heterocycles. The number of benzene rings is 1. The van der Waals surface area contributed by atoms with Crippen LogP contribution in [-0.4, -0.2) is 47.6 Å². The molecule has 1 aliphatic rings. The van der Waals surface area contributed by atoms with E-state index in [-0.39, 0.29) is 48.1 Å². The van der Waals surface area contributed by atoms with Gasteiger partial charge < -0.3 is 26.0 Å². The van der Waals surface area contributed by atoms with Crippen LogP contribution in [0.2, 0.25) is 5.02 Å². The number of pyridine rings is 2. The van der Waals surface area contributed by atoms with Crippen LogP contribution in [-0.2, 0) is 22.3 Å². The second-order valence-corrected chi connectivity index (χ2v) is 9.08. The second kappa shape index (κ2) is 11.4. The molecule has 4 N–H and O–H groups in total. The van der Waals surface area contributed by atoms with Crippen LogP contribution in [0.4, 0.5) is 34.6 Å². The standard InChI is InChI=1S/C25H23ClF4N6O3/c1-31-15-7-14(9-32-10-15)22(37)36-24(5-6-39-13-24)23(38)34-12-20-18(26)8-16(11-33-20)35-21-17(25(28,29)30)3-2-4-19(21)27/h2-4,7-11,31,35H,5-6,12-13H2,1H3,(H,34,38)(H,36,37). The molecule has 206 valence electrons. The number of nitrogens with zero attached hydrogens (tertiary/aromatic N) is 2. The fourth-order valence-electron chi connectivity index (χ4n) is 3.92. The summed E-state index contributed by atoms with van der Waals surface area (Å²) in [6, 6.07) is 5.45. The fraction of sp³-hybridized carbons (Fsp3) is 0.280. The van der Waals surface area contributed by atoms with E-state index in [1.165, 1.54) is 12.3 Å². The van der Waals surface area contributed by atoms with Crippen molar-refractivity contribution in [3.8, 4) is 0 Å². The average Bonchev–Trinajstić information content (AvgIpc) is 3.38. The third-order valence-electron chi connectivity index (χ3n) is 6.02. The smallest absolute Gasteiger partial charge is 0.387 e. The third-order valence-corrected chi connectivity index (χ3v) is 6.35. The molecule has 14 heteroatoms. The second-order valence-electron chi connectivity index (χ2n) is 8.67. The van der Waals surface area contributed by atoms with Gasteiger partial charge in [0, 0.05) is 32.5 Å². The molecule has 1 unspecified atom stereocenters. The highest BCUT2D eigenvalue weighted by atomic mass is 35.5. The minimum atomic E-state index is -4.78. The fourth-order valence-corrected chi connectivity index (χ4v) is 4.15. The van der Waals surface area contributed by atoms with E-state index < -0.39 is 40.6 Å². The SMILES string of the molecule is CNc1cncc(C(=O)NC2(C(=O)NCc3ncc(Nc4c(F)cccc4C(F)(F)F)cc3Cl)CCOC2)c1. The van der Waals surface area contributed by atoms with Crippen molar-refractivity contribution in [1.29, 1.82) is 0 Å². The average molecular weight is 567 g/mol. The van der Waals surface area contributed by atoms with Crippen molar-refractivity contribution in [1.82, 2.24) is 20.6 Å². The number of para-hydroxylation sites is 1. The summed E-state index contributed by atoms with van der Waals surface area (Å²) in [4.78, 5) is 34.1. The number of nitrogens with one attached hydrogen (secondary N) is 4. The van der Waals surface area contributed by atoms with Crippen LogP contribution in [0.1, 0.15) is 28.0 Å². The molecular formula is C25H23ClF4N6O3. The summed E-state index contributed by atoms with van der Waals surface area (Å²) in [7, 11) is 1.68. The Kier molecular flexibility index (Phi) is 8.21. The topological polar surface area (TPSA) is 117 Å². The first-order valence-electron chi connectivity index (χ1n) is 11.6. The van der Waals surface area contributed by atoms with Gasteiger partial charge in [-0.15, -0.1) is 0 Å². The van der Waals surface area contributed by atoms with Crippen molar-refractivity contribution in [2.24, 2.45) is 0 Å². The molecule has 3 aromatic rings. The van der Waals surface area contributed by atoms with Gasteiger partial charge in [-0.1, -0.05) is 17.7 Å². The molecule has 0 radical (unpaired) electrons. The van der Waals surface area contributed by atoms with Crippen molar-refractivity contribution in [2.75, 3.05) is 30.9 Å². The summed E-state index contributed by atoms with van der Waals surface area (Å²) in [5.41, 5.74) is -2.22. The van der Waals surface area contributed by atoms with Crippen LogP contribution in [0, 0.1) is 5.82 Å². The highest BCUT2D eigenvalue weighted by Gasteiger charge is 2.44. The molecule has 1 aromatic carbocycles. The maximum absolute atomic E-state index is 14.2. The summed E-state index contributed by atoms with van der Waals surface area (Å²) < 4.78 is 59.4. The Balaban J connectivity index is 1.45. The number of aromatic nitrogens is 2. The molecule has 0 aliphatic carbocycles. The van der Waals surface area contributed by atoms with Gasteiger partial charge in [-0.25, -0.2) is 4.39 Å². The monoisotopic (exact) mass is 566 g/mol. The lowest BCUT2D eigenvalue weighted by Crippen LogP contribution is -2.59. The minimum Gasteiger partial charge on any atom is -0.387 e. The summed E-state index contributed by atoms with van der Waals surface area (Å²) in [6.07, 6.45) is -0.486. The minimum absolute atomic E-state index is 0.0102. The number of alkyl halides is 3. The lowest BCUT2D eigenvalue weighted by Gasteiger charge is -2.27. The van der Waals surface area contributed by atoms with Crippen molar-refractivity contribution < 1.29 is 31.9 Å². The van der Waals surface area contributed by atoms with Crippen LogP contribution in [0.3, 0.4) is 0 Å². The maximum atomic E-state index is 14.2.